The van der Waals surface area contributed by atoms with Gasteiger partial charge in [0.2, 0.25) is 0 Å². The molecule has 1 unspecified atom stereocenters. The van der Waals surface area contributed by atoms with Crippen molar-refractivity contribution in [2.75, 3.05) is 13.2 Å². The fourth-order valence-electron chi connectivity index (χ4n) is 0.937. The van der Waals surface area contributed by atoms with E-state index in [1.807, 2.05) is 0 Å². The number of hydrogen-bond acceptors (Lipinski definition) is 3. The highest BCUT2D eigenvalue weighted by Gasteiger charge is 2.18. The molecule has 1 rings (SSSR count). The van der Waals surface area contributed by atoms with Crippen LogP contribution in [0.15, 0.2) is 0 Å². The molecule has 0 saturated carbocycles. The summed E-state index contributed by atoms with van der Waals surface area (Å²) in [5.41, 5.74) is 5.36. The van der Waals surface area contributed by atoms with Gasteiger partial charge in [-0.2, -0.15) is 0 Å². The average Bonchev–Trinajstić information content (AvgIpc) is 1.88. The topological polar surface area (TPSA) is 52.3 Å². The first kappa shape index (κ1) is 6.55. The summed E-state index contributed by atoms with van der Waals surface area (Å²) in [5.74, 6) is 0.267. The van der Waals surface area contributed by atoms with Gasteiger partial charge in [0.15, 0.2) is 0 Å². The van der Waals surface area contributed by atoms with Gasteiger partial charge in [0.1, 0.15) is 0 Å². The third-order valence-electron chi connectivity index (χ3n) is 1.58. The lowest BCUT2D eigenvalue weighted by Crippen LogP contribution is -2.26. The van der Waals surface area contributed by atoms with E-state index in [1.165, 1.54) is 0 Å². The maximum atomic E-state index is 10.6. The molecule has 0 amide bonds. The van der Waals surface area contributed by atoms with Crippen molar-refractivity contribution in [1.29, 1.82) is 0 Å². The number of esters is 1. The predicted octanol–water partition coefficient (Wildman–Crippen LogP) is -0.102. The lowest BCUT2D eigenvalue weighted by Gasteiger charge is -2.18. The Hall–Kier alpha value is -0.570. The molecular weight excluding hydrogens is 118 g/mol. The molecule has 1 saturated heterocycles. The number of nitrogens with two attached hydrogens (primary N) is 1. The Bertz CT molecular complexity index is 114. The number of carbonyl (C=O) groups excluding carboxylic acids is 1. The van der Waals surface area contributed by atoms with Crippen LogP contribution in [0.4, 0.5) is 0 Å². The van der Waals surface area contributed by atoms with Crippen molar-refractivity contribution >= 4 is 5.97 Å². The molecule has 3 nitrogen and oxygen atoms in total. The maximum absolute atomic E-state index is 10.6. The third kappa shape index (κ3) is 1.68. The van der Waals surface area contributed by atoms with Gasteiger partial charge in [-0.15, -0.1) is 0 Å². The Morgan fingerprint density at radius 2 is 2.56 bits per heavy atom. The first-order valence-corrected chi connectivity index (χ1v) is 3.18. The molecule has 52 valence electrons. The fourth-order valence-corrected chi connectivity index (χ4v) is 0.937. The zero-order valence-corrected chi connectivity index (χ0v) is 5.30. The van der Waals surface area contributed by atoms with Crippen molar-refractivity contribution < 1.29 is 9.53 Å². The van der Waals surface area contributed by atoms with Gasteiger partial charge >= 0.3 is 5.97 Å². The monoisotopic (exact) mass is 129 g/mol. The average molecular weight is 129 g/mol. The summed E-state index contributed by atoms with van der Waals surface area (Å²) >= 11 is 0. The molecule has 9 heavy (non-hydrogen) atoms. The van der Waals surface area contributed by atoms with Crippen LogP contribution >= 0.6 is 0 Å². The van der Waals surface area contributed by atoms with E-state index in [2.05, 4.69) is 0 Å². The number of hydrogen-bond donors (Lipinski definition) is 1. The molecule has 1 atom stereocenters. The number of carbonyl (C=O) groups is 1. The summed E-state index contributed by atoms with van der Waals surface area (Å²) in [6, 6.07) is 0. The van der Waals surface area contributed by atoms with Crippen molar-refractivity contribution in [3.8, 4) is 0 Å². The van der Waals surface area contributed by atoms with Crippen molar-refractivity contribution in [3.05, 3.63) is 0 Å². The third-order valence-corrected chi connectivity index (χ3v) is 1.58. The second kappa shape index (κ2) is 2.82. The number of rotatable bonds is 1. The van der Waals surface area contributed by atoms with E-state index in [0.29, 0.717) is 25.5 Å². The van der Waals surface area contributed by atoms with Gasteiger partial charge in [0.25, 0.3) is 0 Å². The smallest absolute Gasteiger partial charge is 0.306 e. The van der Waals surface area contributed by atoms with Crippen LogP contribution < -0.4 is 5.73 Å². The van der Waals surface area contributed by atoms with Crippen molar-refractivity contribution in [1.82, 2.24) is 0 Å². The molecule has 0 aromatic heterocycles. The van der Waals surface area contributed by atoms with Crippen LogP contribution in [0.5, 0.6) is 0 Å². The lowest BCUT2D eigenvalue weighted by atomic mass is 10.0. The van der Waals surface area contributed by atoms with Crippen molar-refractivity contribution in [2.24, 2.45) is 11.7 Å². The van der Waals surface area contributed by atoms with E-state index in [1.54, 1.807) is 0 Å². The van der Waals surface area contributed by atoms with Crippen LogP contribution in [0.25, 0.3) is 0 Å². The highest BCUT2D eigenvalue weighted by Crippen LogP contribution is 2.13. The van der Waals surface area contributed by atoms with E-state index in [9.17, 15) is 4.79 Å². The summed E-state index contributed by atoms with van der Waals surface area (Å²) in [5, 5.41) is 0. The molecule has 2 N–H and O–H groups in total. The van der Waals surface area contributed by atoms with Crippen LogP contribution in [0.1, 0.15) is 12.8 Å². The molecule has 3 heteroatoms. The van der Waals surface area contributed by atoms with Gasteiger partial charge in [-0.3, -0.25) is 4.79 Å². The van der Waals surface area contributed by atoms with Crippen LogP contribution in [0.2, 0.25) is 0 Å². The SMILES string of the molecule is NCC1CCOC(=O)C1. The van der Waals surface area contributed by atoms with E-state index >= 15 is 0 Å². The molecule has 0 bridgehead atoms. The molecule has 0 aromatic rings. The largest absolute Gasteiger partial charge is 0.466 e. The molecule has 1 aliphatic heterocycles. The minimum Gasteiger partial charge on any atom is -0.466 e. The fraction of sp³-hybridized carbons (Fsp3) is 0.833. The standard InChI is InChI=1S/C6H11NO2/c7-4-5-1-2-9-6(8)3-5/h5H,1-4,7H2. The van der Waals surface area contributed by atoms with Gasteiger partial charge in [0, 0.05) is 6.42 Å². The molecule has 0 aliphatic carbocycles. The molecule has 0 aromatic carbocycles. The molecule has 0 spiro atoms. The normalized spacial score (nSPS) is 27.7. The number of cyclic esters (lactones) is 1. The van der Waals surface area contributed by atoms with Gasteiger partial charge in [-0.25, -0.2) is 0 Å². The zero-order chi connectivity index (χ0) is 6.69. The summed E-state index contributed by atoms with van der Waals surface area (Å²) in [7, 11) is 0. The van der Waals surface area contributed by atoms with Crippen LogP contribution in [-0.4, -0.2) is 19.1 Å². The molecule has 1 heterocycles. The summed E-state index contributed by atoms with van der Waals surface area (Å²) in [4.78, 5) is 10.6. The van der Waals surface area contributed by atoms with Crippen LogP contribution in [0, 0.1) is 5.92 Å². The Labute approximate surface area is 54.2 Å². The lowest BCUT2D eigenvalue weighted by molar-refractivity contribution is -0.148. The quantitative estimate of drug-likeness (QED) is 0.503. The Morgan fingerprint density at radius 1 is 1.78 bits per heavy atom. The van der Waals surface area contributed by atoms with Gasteiger partial charge in [0.05, 0.1) is 6.61 Å². The first-order chi connectivity index (χ1) is 4.33. The molecular formula is C6H11NO2. The Kier molecular flexibility index (Phi) is 2.05. The predicted molar refractivity (Wildman–Crippen MR) is 32.7 cm³/mol. The minimum atomic E-state index is -0.100. The van der Waals surface area contributed by atoms with Gasteiger partial charge < -0.3 is 10.5 Å². The second-order valence-corrected chi connectivity index (χ2v) is 2.31. The first-order valence-electron chi connectivity index (χ1n) is 3.18. The Balaban J connectivity index is 2.32. The van der Waals surface area contributed by atoms with Crippen molar-refractivity contribution in [2.45, 2.75) is 12.8 Å². The van der Waals surface area contributed by atoms with Crippen LogP contribution in [-0.2, 0) is 9.53 Å². The summed E-state index contributed by atoms with van der Waals surface area (Å²) in [6.07, 6.45) is 1.44. The molecule has 1 aliphatic rings. The summed E-state index contributed by atoms with van der Waals surface area (Å²) in [6.45, 7) is 1.16. The minimum absolute atomic E-state index is 0.100. The van der Waals surface area contributed by atoms with E-state index in [-0.39, 0.29) is 5.97 Å². The van der Waals surface area contributed by atoms with Crippen LogP contribution in [0.3, 0.4) is 0 Å². The van der Waals surface area contributed by atoms with Gasteiger partial charge in [-0.1, -0.05) is 0 Å². The second-order valence-electron chi connectivity index (χ2n) is 2.31. The molecule has 0 radical (unpaired) electrons. The highest BCUT2D eigenvalue weighted by atomic mass is 16.5. The highest BCUT2D eigenvalue weighted by molar-refractivity contribution is 5.70. The number of ether oxygens (including phenoxy) is 1. The van der Waals surface area contributed by atoms with Gasteiger partial charge in [-0.05, 0) is 18.9 Å². The molecule has 1 fully saturated rings. The van der Waals surface area contributed by atoms with Crippen molar-refractivity contribution in [3.63, 3.8) is 0 Å². The van der Waals surface area contributed by atoms with E-state index in [0.717, 1.165) is 6.42 Å². The maximum Gasteiger partial charge on any atom is 0.306 e. The van der Waals surface area contributed by atoms with E-state index < -0.39 is 0 Å². The Morgan fingerprint density at radius 3 is 3.00 bits per heavy atom. The summed E-state index contributed by atoms with van der Waals surface area (Å²) < 4.78 is 4.72. The zero-order valence-electron chi connectivity index (χ0n) is 5.30. The van der Waals surface area contributed by atoms with E-state index in [4.69, 9.17) is 10.5 Å².